The summed E-state index contributed by atoms with van der Waals surface area (Å²) >= 11 is 0. The van der Waals surface area contributed by atoms with Crippen molar-refractivity contribution in [1.82, 2.24) is 14.5 Å². The molecule has 0 atom stereocenters. The van der Waals surface area contributed by atoms with Crippen molar-refractivity contribution in [2.45, 2.75) is 59.7 Å². The maximum Gasteiger partial charge on any atom is 0.161 e. The summed E-state index contributed by atoms with van der Waals surface area (Å²) in [6, 6.07) is 20.9. The van der Waals surface area contributed by atoms with Gasteiger partial charge in [-0.3, -0.25) is 4.57 Å². The van der Waals surface area contributed by atoms with Crippen LogP contribution >= 0.6 is 0 Å². The van der Waals surface area contributed by atoms with E-state index in [2.05, 4.69) is 74.0 Å². The Hall–Kier alpha value is -3.18. The molecule has 2 aromatic carbocycles. The van der Waals surface area contributed by atoms with Gasteiger partial charge in [0, 0.05) is 12.3 Å². The average molecular weight is 443 g/mol. The van der Waals surface area contributed by atoms with Crippen molar-refractivity contribution >= 4 is 16.7 Å². The van der Waals surface area contributed by atoms with Crippen LogP contribution in [0.2, 0.25) is 0 Å². The molecule has 0 aliphatic rings. The third-order valence-corrected chi connectivity index (χ3v) is 5.93. The summed E-state index contributed by atoms with van der Waals surface area (Å²) in [6.45, 7) is 12.7. The number of hydrogen-bond acceptors (Lipinski definition) is 4. The molecule has 0 aliphatic carbocycles. The van der Waals surface area contributed by atoms with Gasteiger partial charge in [0.1, 0.15) is 12.4 Å². The van der Waals surface area contributed by atoms with Gasteiger partial charge in [-0.05, 0) is 54.2 Å². The Morgan fingerprint density at radius 2 is 1.55 bits per heavy atom. The van der Waals surface area contributed by atoms with Gasteiger partial charge >= 0.3 is 0 Å². The van der Waals surface area contributed by atoms with Crippen molar-refractivity contribution in [2.24, 2.45) is 0 Å². The first kappa shape index (κ1) is 23.0. The number of nitrogens with one attached hydrogen (secondary N) is 1. The van der Waals surface area contributed by atoms with Crippen LogP contribution in [0.1, 0.15) is 63.3 Å². The molecule has 0 spiro atoms. The van der Waals surface area contributed by atoms with Crippen LogP contribution in [-0.4, -0.2) is 21.1 Å². The monoisotopic (exact) mass is 442 g/mol. The van der Waals surface area contributed by atoms with E-state index in [1.165, 1.54) is 16.8 Å². The van der Waals surface area contributed by atoms with Gasteiger partial charge < -0.3 is 10.1 Å². The van der Waals surface area contributed by atoms with Crippen LogP contribution in [0.5, 0.6) is 0 Å². The van der Waals surface area contributed by atoms with Gasteiger partial charge in [-0.1, -0.05) is 64.1 Å². The molecule has 0 unspecified atom stereocenters. The molecule has 2 heterocycles. The smallest absolute Gasteiger partial charge is 0.161 e. The molecular weight excluding hydrogens is 408 g/mol. The number of fused-ring (bicyclic) bond motifs is 1. The molecule has 172 valence electrons. The van der Waals surface area contributed by atoms with Crippen molar-refractivity contribution in [3.8, 4) is 11.5 Å². The Labute approximate surface area is 196 Å². The largest absolute Gasteiger partial charge is 0.379 e. The minimum atomic E-state index is 0.448. The molecule has 0 saturated heterocycles. The average Bonchev–Trinajstić information content (AvgIpc) is 3.19. The third kappa shape index (κ3) is 4.93. The Kier molecular flexibility index (Phi) is 7.09. The van der Waals surface area contributed by atoms with Crippen LogP contribution in [-0.2, 0) is 18.0 Å². The van der Waals surface area contributed by atoms with Crippen molar-refractivity contribution < 1.29 is 4.74 Å². The SMILES string of the molecule is CCOCn1c(-c2cccc(CNc3c(C(C)C)cccc3C(C)C)n2)nc2ccccc21. The number of hydrogen-bond donors (Lipinski definition) is 1. The first-order valence-corrected chi connectivity index (χ1v) is 11.9. The molecule has 33 heavy (non-hydrogen) atoms. The minimum absolute atomic E-state index is 0.448. The van der Waals surface area contributed by atoms with Crippen molar-refractivity contribution in [3.05, 3.63) is 77.5 Å². The highest BCUT2D eigenvalue weighted by atomic mass is 16.5. The lowest BCUT2D eigenvalue weighted by atomic mass is 9.92. The van der Waals surface area contributed by atoms with Gasteiger partial charge in [-0.2, -0.15) is 0 Å². The Morgan fingerprint density at radius 1 is 0.848 bits per heavy atom. The minimum Gasteiger partial charge on any atom is -0.379 e. The lowest BCUT2D eigenvalue weighted by molar-refractivity contribution is 0.0915. The fraction of sp³-hybridized carbons (Fsp3) is 0.357. The molecule has 0 aliphatic heterocycles. The molecule has 4 rings (SSSR count). The summed E-state index contributed by atoms with van der Waals surface area (Å²) in [7, 11) is 0. The summed E-state index contributed by atoms with van der Waals surface area (Å²) in [5.41, 5.74) is 7.76. The number of pyridine rings is 1. The first-order chi connectivity index (χ1) is 16.0. The summed E-state index contributed by atoms with van der Waals surface area (Å²) in [6.07, 6.45) is 0. The standard InChI is InChI=1S/C28H34N4O/c1-6-33-18-32-26-16-8-7-14-24(26)31-28(32)25-15-9-11-21(30-25)17-29-27-22(19(2)3)12-10-13-23(27)20(4)5/h7-16,19-20,29H,6,17-18H2,1-5H3. The maximum absolute atomic E-state index is 5.74. The molecule has 1 N–H and O–H groups in total. The predicted octanol–water partition coefficient (Wildman–Crippen LogP) is 6.95. The normalized spacial score (nSPS) is 11.6. The summed E-state index contributed by atoms with van der Waals surface area (Å²) in [5, 5.41) is 3.70. The lowest BCUT2D eigenvalue weighted by Gasteiger charge is -2.21. The van der Waals surface area contributed by atoms with Crippen LogP contribution in [0, 0.1) is 0 Å². The quantitative estimate of drug-likeness (QED) is 0.305. The molecule has 0 bridgehead atoms. The van der Waals surface area contributed by atoms with Crippen molar-refractivity contribution in [1.29, 1.82) is 0 Å². The van der Waals surface area contributed by atoms with E-state index in [0.29, 0.717) is 31.7 Å². The van der Waals surface area contributed by atoms with E-state index in [9.17, 15) is 0 Å². The zero-order valence-electron chi connectivity index (χ0n) is 20.3. The summed E-state index contributed by atoms with van der Waals surface area (Å²) in [4.78, 5) is 9.84. The number of anilines is 1. The molecule has 5 nitrogen and oxygen atoms in total. The van der Waals surface area contributed by atoms with E-state index >= 15 is 0 Å². The molecule has 0 amide bonds. The highest BCUT2D eigenvalue weighted by Crippen LogP contribution is 2.33. The van der Waals surface area contributed by atoms with Crippen LogP contribution in [0.4, 0.5) is 5.69 Å². The van der Waals surface area contributed by atoms with E-state index in [0.717, 1.165) is 28.2 Å². The molecule has 0 fully saturated rings. The van der Waals surface area contributed by atoms with Crippen LogP contribution in [0.25, 0.3) is 22.6 Å². The Morgan fingerprint density at radius 3 is 2.24 bits per heavy atom. The van der Waals surface area contributed by atoms with Crippen molar-refractivity contribution in [3.63, 3.8) is 0 Å². The van der Waals surface area contributed by atoms with Crippen molar-refractivity contribution in [2.75, 3.05) is 11.9 Å². The fourth-order valence-electron chi connectivity index (χ4n) is 4.22. The number of rotatable bonds is 9. The van der Waals surface area contributed by atoms with Gasteiger partial charge in [0.15, 0.2) is 5.82 Å². The Bertz CT molecular complexity index is 1200. The highest BCUT2D eigenvalue weighted by Gasteiger charge is 2.16. The van der Waals surface area contributed by atoms with E-state index in [-0.39, 0.29) is 0 Å². The number of aromatic nitrogens is 3. The number of ether oxygens (including phenoxy) is 1. The maximum atomic E-state index is 5.74. The molecule has 2 aromatic heterocycles. The van der Waals surface area contributed by atoms with Gasteiger partial charge in [-0.25, -0.2) is 9.97 Å². The zero-order chi connectivity index (χ0) is 23.4. The Balaban J connectivity index is 1.66. The predicted molar refractivity (Wildman–Crippen MR) is 137 cm³/mol. The first-order valence-electron chi connectivity index (χ1n) is 11.9. The third-order valence-electron chi connectivity index (χ3n) is 5.93. The highest BCUT2D eigenvalue weighted by molar-refractivity contribution is 5.80. The second kappa shape index (κ2) is 10.2. The van der Waals surface area contributed by atoms with Crippen LogP contribution < -0.4 is 5.32 Å². The van der Waals surface area contributed by atoms with Gasteiger partial charge in [0.25, 0.3) is 0 Å². The lowest BCUT2D eigenvalue weighted by Crippen LogP contribution is -2.09. The molecular formula is C28H34N4O. The van der Waals surface area contributed by atoms with E-state index in [1.807, 2.05) is 31.2 Å². The second-order valence-electron chi connectivity index (χ2n) is 8.96. The van der Waals surface area contributed by atoms with E-state index in [4.69, 9.17) is 14.7 Å². The second-order valence-corrected chi connectivity index (χ2v) is 8.96. The molecule has 0 saturated carbocycles. The van der Waals surface area contributed by atoms with Gasteiger partial charge in [0.05, 0.1) is 23.3 Å². The molecule has 0 radical (unpaired) electrons. The fourth-order valence-corrected chi connectivity index (χ4v) is 4.22. The molecule has 4 aromatic rings. The summed E-state index contributed by atoms with van der Waals surface area (Å²) in [5.74, 6) is 1.73. The number of para-hydroxylation sites is 3. The topological polar surface area (TPSA) is 52.0 Å². The number of imidazole rings is 1. The van der Waals surface area contributed by atoms with Gasteiger partial charge in [-0.15, -0.1) is 0 Å². The van der Waals surface area contributed by atoms with E-state index in [1.54, 1.807) is 0 Å². The van der Waals surface area contributed by atoms with E-state index < -0.39 is 0 Å². The number of nitrogens with zero attached hydrogens (tertiary/aromatic N) is 3. The van der Waals surface area contributed by atoms with Gasteiger partial charge in [0.2, 0.25) is 0 Å². The summed E-state index contributed by atoms with van der Waals surface area (Å²) < 4.78 is 7.84. The zero-order valence-corrected chi connectivity index (χ0v) is 20.3. The van der Waals surface area contributed by atoms with Crippen LogP contribution in [0.15, 0.2) is 60.7 Å². The molecule has 5 heteroatoms. The van der Waals surface area contributed by atoms with Crippen LogP contribution in [0.3, 0.4) is 0 Å². The number of benzene rings is 2.